The van der Waals surface area contributed by atoms with Gasteiger partial charge in [-0.1, -0.05) is 0 Å². The molecule has 3 aromatic rings. The van der Waals surface area contributed by atoms with Crippen molar-refractivity contribution in [3.8, 4) is 22.8 Å². The number of hydrogen-bond acceptors (Lipinski definition) is 7. The minimum atomic E-state index is -2.78. The van der Waals surface area contributed by atoms with Crippen LogP contribution in [0.5, 0.6) is 11.5 Å². The third kappa shape index (κ3) is 5.31. The topological polar surface area (TPSA) is 97.2 Å². The maximum atomic E-state index is 14.6. The molecule has 168 valence electrons. The van der Waals surface area contributed by atoms with Gasteiger partial charge in [-0.25, -0.2) is 23.0 Å². The van der Waals surface area contributed by atoms with E-state index in [1.54, 1.807) is 18.2 Å². The third-order valence-corrected chi connectivity index (χ3v) is 5.61. The summed E-state index contributed by atoms with van der Waals surface area (Å²) in [4.78, 5) is 8.26. The lowest BCUT2D eigenvalue weighted by Gasteiger charge is -2.19. The van der Waals surface area contributed by atoms with Gasteiger partial charge in [-0.15, -0.1) is 0 Å². The molecule has 2 atom stereocenters. The molecule has 0 spiro atoms. The van der Waals surface area contributed by atoms with Crippen molar-refractivity contribution in [3.63, 3.8) is 0 Å². The summed E-state index contributed by atoms with van der Waals surface area (Å²) in [6, 6.07) is 9.00. The van der Waals surface area contributed by atoms with E-state index in [0.717, 1.165) is 6.20 Å². The third-order valence-electron chi connectivity index (χ3n) is 4.73. The van der Waals surface area contributed by atoms with Gasteiger partial charge in [0.25, 0.3) is 0 Å². The molecule has 0 radical (unpaired) electrons. The standard InChI is InChI=1S/C22H22F2N4O3S/c1-13-5-6-30-20-9-15(23)3-4-18(20)21-19(24)11-26-22(28-21)27-16-7-14(12-32(2,25)29)8-17(10-16)31-13/h3-4,7-11,13,25H,5-6,12H2,1-2H3,(H,26,27,28)/t13-,32-/m1/s1. The molecule has 0 saturated heterocycles. The maximum absolute atomic E-state index is 14.6. The van der Waals surface area contributed by atoms with Crippen molar-refractivity contribution in [2.24, 2.45) is 0 Å². The fourth-order valence-corrected chi connectivity index (χ4v) is 4.19. The molecule has 2 aromatic carbocycles. The Morgan fingerprint density at radius 2 is 2.06 bits per heavy atom. The lowest BCUT2D eigenvalue weighted by atomic mass is 10.1. The monoisotopic (exact) mass is 460 g/mol. The highest BCUT2D eigenvalue weighted by Gasteiger charge is 2.18. The minimum absolute atomic E-state index is 0.0297. The van der Waals surface area contributed by atoms with Gasteiger partial charge in [0.05, 0.1) is 24.7 Å². The first-order chi connectivity index (χ1) is 15.2. The van der Waals surface area contributed by atoms with Crippen molar-refractivity contribution in [2.45, 2.75) is 25.2 Å². The Balaban J connectivity index is 1.82. The van der Waals surface area contributed by atoms with Gasteiger partial charge in [0.2, 0.25) is 5.95 Å². The molecule has 0 unspecified atom stereocenters. The molecule has 1 aliphatic heterocycles. The van der Waals surface area contributed by atoms with Crippen LogP contribution in [0.1, 0.15) is 18.9 Å². The van der Waals surface area contributed by atoms with Crippen LogP contribution in [-0.4, -0.2) is 33.1 Å². The quantitative estimate of drug-likeness (QED) is 0.565. The van der Waals surface area contributed by atoms with E-state index in [9.17, 15) is 13.0 Å². The fourth-order valence-electron chi connectivity index (χ4n) is 3.38. The van der Waals surface area contributed by atoms with Crippen LogP contribution in [-0.2, 0) is 15.5 Å². The van der Waals surface area contributed by atoms with E-state index in [0.29, 0.717) is 29.0 Å². The summed E-state index contributed by atoms with van der Waals surface area (Å²) in [5.74, 6) is -0.353. The molecule has 1 aromatic heterocycles. The number of nitrogens with one attached hydrogen (secondary N) is 2. The highest BCUT2D eigenvalue weighted by Crippen LogP contribution is 2.33. The molecule has 0 aliphatic carbocycles. The van der Waals surface area contributed by atoms with E-state index in [2.05, 4.69) is 15.3 Å². The molecule has 0 saturated carbocycles. The summed E-state index contributed by atoms with van der Waals surface area (Å²) in [6.45, 7) is 2.07. The largest absolute Gasteiger partial charge is 0.493 e. The highest BCUT2D eigenvalue weighted by atomic mass is 32.2. The average Bonchev–Trinajstić information content (AvgIpc) is 2.68. The van der Waals surface area contributed by atoms with Crippen molar-refractivity contribution in [1.29, 1.82) is 4.78 Å². The van der Waals surface area contributed by atoms with E-state index in [4.69, 9.17) is 14.3 Å². The number of anilines is 2. The van der Waals surface area contributed by atoms with E-state index in [-0.39, 0.29) is 35.9 Å². The first-order valence-corrected chi connectivity index (χ1v) is 12.0. The lowest BCUT2D eigenvalue weighted by molar-refractivity contribution is 0.177. The summed E-state index contributed by atoms with van der Waals surface area (Å²) >= 11 is 0. The molecule has 32 heavy (non-hydrogen) atoms. The molecule has 1 aliphatic rings. The maximum Gasteiger partial charge on any atom is 0.227 e. The van der Waals surface area contributed by atoms with Gasteiger partial charge < -0.3 is 14.8 Å². The summed E-state index contributed by atoms with van der Waals surface area (Å²) < 4.78 is 60.0. The van der Waals surface area contributed by atoms with Crippen molar-refractivity contribution in [3.05, 3.63) is 59.8 Å². The molecule has 4 bridgehead atoms. The number of nitrogens with zero attached hydrogens (tertiary/aromatic N) is 2. The fraction of sp³-hybridized carbons (Fsp3) is 0.273. The highest BCUT2D eigenvalue weighted by molar-refractivity contribution is 7.90. The van der Waals surface area contributed by atoms with Crippen LogP contribution in [0.4, 0.5) is 20.4 Å². The molecule has 10 heteroatoms. The Hall–Kier alpha value is -3.27. The number of hydrogen-bond donors (Lipinski definition) is 2. The zero-order valence-electron chi connectivity index (χ0n) is 17.5. The average molecular weight is 461 g/mol. The van der Waals surface area contributed by atoms with Crippen LogP contribution < -0.4 is 14.8 Å². The predicted molar refractivity (Wildman–Crippen MR) is 118 cm³/mol. The molecule has 0 amide bonds. The van der Waals surface area contributed by atoms with E-state index < -0.39 is 21.4 Å². The van der Waals surface area contributed by atoms with Crippen LogP contribution in [0.25, 0.3) is 11.3 Å². The summed E-state index contributed by atoms with van der Waals surface area (Å²) in [5.41, 5.74) is 1.46. The van der Waals surface area contributed by atoms with Gasteiger partial charge in [0, 0.05) is 45.8 Å². The second kappa shape index (κ2) is 8.70. The summed E-state index contributed by atoms with van der Waals surface area (Å²) in [6.07, 6.45) is 2.61. The van der Waals surface area contributed by atoms with Crippen LogP contribution >= 0.6 is 0 Å². The minimum Gasteiger partial charge on any atom is -0.493 e. The zero-order chi connectivity index (χ0) is 22.9. The van der Waals surface area contributed by atoms with Gasteiger partial charge in [0.1, 0.15) is 23.0 Å². The Bertz CT molecular complexity index is 1270. The van der Waals surface area contributed by atoms with Gasteiger partial charge in [-0.2, -0.15) is 0 Å². The van der Waals surface area contributed by atoms with Gasteiger partial charge >= 0.3 is 0 Å². The SMILES string of the molecule is C[C@@H]1CCOc2cc(F)ccc2-c2nc(ncc2F)Nc2cc(C[S@](C)(=N)=O)cc(c2)O1. The molecule has 0 fully saturated rings. The normalized spacial score (nSPS) is 17.6. The van der Waals surface area contributed by atoms with Crippen LogP contribution in [0, 0.1) is 16.4 Å². The predicted octanol–water partition coefficient (Wildman–Crippen LogP) is 4.89. The summed E-state index contributed by atoms with van der Waals surface area (Å²) in [7, 11) is -2.78. The number of benzene rings is 2. The van der Waals surface area contributed by atoms with E-state index in [1.807, 2.05) is 6.92 Å². The molecule has 7 nitrogen and oxygen atoms in total. The Kier molecular flexibility index (Phi) is 5.96. The second-order valence-electron chi connectivity index (χ2n) is 7.74. The first-order valence-electron chi connectivity index (χ1n) is 9.91. The Morgan fingerprint density at radius 3 is 2.84 bits per heavy atom. The number of rotatable bonds is 2. The zero-order valence-corrected chi connectivity index (χ0v) is 18.3. The Morgan fingerprint density at radius 1 is 1.25 bits per heavy atom. The Labute approximate surface area is 184 Å². The van der Waals surface area contributed by atoms with Gasteiger partial charge in [-0.05, 0) is 36.8 Å². The van der Waals surface area contributed by atoms with Gasteiger partial charge in [-0.3, -0.25) is 4.78 Å². The van der Waals surface area contributed by atoms with E-state index in [1.165, 1.54) is 24.5 Å². The number of ether oxygens (including phenoxy) is 2. The smallest absolute Gasteiger partial charge is 0.227 e. The van der Waals surface area contributed by atoms with Crippen molar-refractivity contribution >= 4 is 21.4 Å². The molecule has 2 N–H and O–H groups in total. The van der Waals surface area contributed by atoms with Crippen molar-refractivity contribution in [2.75, 3.05) is 18.2 Å². The number of fused-ring (bicyclic) bond motifs is 6. The summed E-state index contributed by atoms with van der Waals surface area (Å²) in [5, 5.41) is 3.01. The van der Waals surface area contributed by atoms with Crippen molar-refractivity contribution in [1.82, 2.24) is 9.97 Å². The molecular weight excluding hydrogens is 438 g/mol. The van der Waals surface area contributed by atoms with E-state index >= 15 is 0 Å². The van der Waals surface area contributed by atoms with Gasteiger partial charge in [0.15, 0.2) is 5.82 Å². The number of aromatic nitrogens is 2. The lowest BCUT2D eigenvalue weighted by Crippen LogP contribution is -2.16. The first kappa shape index (κ1) is 21.9. The number of halogens is 2. The molecule has 4 rings (SSSR count). The van der Waals surface area contributed by atoms with Crippen LogP contribution in [0.15, 0.2) is 42.6 Å². The molecule has 2 heterocycles. The molecular formula is C22H22F2N4O3S. The van der Waals surface area contributed by atoms with Crippen molar-refractivity contribution < 1.29 is 22.5 Å². The van der Waals surface area contributed by atoms with Crippen LogP contribution in [0.2, 0.25) is 0 Å². The van der Waals surface area contributed by atoms with Crippen LogP contribution in [0.3, 0.4) is 0 Å². The second-order valence-corrected chi connectivity index (χ2v) is 10.0.